The third-order valence-corrected chi connectivity index (χ3v) is 4.96. The van der Waals surface area contributed by atoms with Gasteiger partial charge in [0.1, 0.15) is 0 Å². The lowest BCUT2D eigenvalue weighted by atomic mass is 9.84. The Morgan fingerprint density at radius 2 is 1.12 bits per heavy atom. The largest absolute Gasteiger partial charge is 0.384 e. The quantitative estimate of drug-likeness (QED) is 0.565. The van der Waals surface area contributed by atoms with E-state index in [9.17, 15) is 4.79 Å². The molecule has 0 aromatic heterocycles. The number of hydrogen-bond acceptors (Lipinski definition) is 3. The van der Waals surface area contributed by atoms with Gasteiger partial charge in [-0.2, -0.15) is 0 Å². The Hall–Kier alpha value is -1.01. The van der Waals surface area contributed by atoms with Gasteiger partial charge in [0.05, 0.1) is 25.0 Å². The van der Waals surface area contributed by atoms with Gasteiger partial charge < -0.3 is 9.47 Å². The van der Waals surface area contributed by atoms with Crippen molar-refractivity contribution in [1.29, 1.82) is 0 Å². The van der Waals surface area contributed by atoms with E-state index in [0.29, 0.717) is 13.2 Å². The lowest BCUT2D eigenvalue weighted by Crippen LogP contribution is -2.27. The van der Waals surface area contributed by atoms with E-state index in [1.54, 1.807) is 14.2 Å². The molecule has 2 unspecified atom stereocenters. The van der Waals surface area contributed by atoms with Crippen LogP contribution >= 0.6 is 31.9 Å². The molecular formula is C19H20Br2O3. The van der Waals surface area contributed by atoms with E-state index >= 15 is 0 Å². The van der Waals surface area contributed by atoms with Crippen LogP contribution in [-0.2, 0) is 14.3 Å². The number of methoxy groups -OCH3 is 2. The lowest BCUT2D eigenvalue weighted by molar-refractivity contribution is -0.124. The normalized spacial score (nSPS) is 13.5. The molecule has 24 heavy (non-hydrogen) atoms. The van der Waals surface area contributed by atoms with Gasteiger partial charge >= 0.3 is 0 Å². The fourth-order valence-corrected chi connectivity index (χ4v) is 3.18. The van der Waals surface area contributed by atoms with Gasteiger partial charge in [-0.3, -0.25) is 4.79 Å². The van der Waals surface area contributed by atoms with Crippen LogP contribution in [0.4, 0.5) is 0 Å². The van der Waals surface area contributed by atoms with Gasteiger partial charge in [-0.1, -0.05) is 56.1 Å². The maximum absolute atomic E-state index is 13.2. The van der Waals surface area contributed by atoms with Crippen molar-refractivity contribution in [2.24, 2.45) is 0 Å². The van der Waals surface area contributed by atoms with Crippen LogP contribution in [-0.4, -0.2) is 33.2 Å². The second-order valence-electron chi connectivity index (χ2n) is 5.52. The Kier molecular flexibility index (Phi) is 7.62. The van der Waals surface area contributed by atoms with Gasteiger partial charge in [0.2, 0.25) is 0 Å². The second-order valence-corrected chi connectivity index (χ2v) is 7.35. The Bertz CT molecular complexity index is 596. The average molecular weight is 456 g/mol. The van der Waals surface area contributed by atoms with Gasteiger partial charge in [0, 0.05) is 23.2 Å². The maximum atomic E-state index is 13.2. The molecule has 2 aromatic rings. The molecule has 0 aliphatic heterocycles. The van der Waals surface area contributed by atoms with Crippen molar-refractivity contribution >= 4 is 37.6 Å². The summed E-state index contributed by atoms with van der Waals surface area (Å²) >= 11 is 6.85. The van der Waals surface area contributed by atoms with E-state index in [4.69, 9.17) is 9.47 Å². The second kappa shape index (κ2) is 9.47. The zero-order valence-corrected chi connectivity index (χ0v) is 16.8. The molecule has 2 aromatic carbocycles. The minimum Gasteiger partial charge on any atom is -0.384 e. The Morgan fingerprint density at radius 1 is 0.792 bits per heavy atom. The predicted molar refractivity (Wildman–Crippen MR) is 103 cm³/mol. The third-order valence-electron chi connectivity index (χ3n) is 3.90. The molecule has 2 atom stereocenters. The summed E-state index contributed by atoms with van der Waals surface area (Å²) < 4.78 is 12.6. The summed E-state index contributed by atoms with van der Waals surface area (Å²) in [5.41, 5.74) is 1.89. The third kappa shape index (κ3) is 4.99. The standard InChI is InChI=1S/C19H20Br2O3/c1-23-11-17(13-3-7-15(20)8-4-13)19(22)18(12-24-2)14-5-9-16(21)10-6-14/h3-10,17-18H,11-12H2,1-2H3. The van der Waals surface area contributed by atoms with E-state index in [2.05, 4.69) is 31.9 Å². The maximum Gasteiger partial charge on any atom is 0.152 e. The highest BCUT2D eigenvalue weighted by Gasteiger charge is 2.29. The summed E-state index contributed by atoms with van der Waals surface area (Å²) in [4.78, 5) is 13.2. The Labute approximate surface area is 159 Å². The van der Waals surface area contributed by atoms with Crippen molar-refractivity contribution in [3.63, 3.8) is 0 Å². The van der Waals surface area contributed by atoms with Crippen molar-refractivity contribution < 1.29 is 14.3 Å². The van der Waals surface area contributed by atoms with Crippen molar-refractivity contribution in [3.05, 3.63) is 68.6 Å². The van der Waals surface area contributed by atoms with E-state index in [1.807, 2.05) is 48.5 Å². The fraction of sp³-hybridized carbons (Fsp3) is 0.316. The Balaban J connectivity index is 2.33. The van der Waals surface area contributed by atoms with Gasteiger partial charge in [-0.15, -0.1) is 0 Å². The molecule has 128 valence electrons. The van der Waals surface area contributed by atoms with Crippen LogP contribution in [0.25, 0.3) is 0 Å². The highest BCUT2D eigenvalue weighted by Crippen LogP contribution is 2.29. The molecule has 0 N–H and O–H groups in total. The fourth-order valence-electron chi connectivity index (χ4n) is 2.65. The molecule has 0 aliphatic carbocycles. The van der Waals surface area contributed by atoms with Crippen LogP contribution in [0.3, 0.4) is 0 Å². The smallest absolute Gasteiger partial charge is 0.152 e. The molecule has 0 amide bonds. The number of ether oxygens (including phenoxy) is 2. The molecule has 0 aliphatic rings. The summed E-state index contributed by atoms with van der Waals surface area (Å²) in [5.74, 6) is -0.554. The minimum atomic E-state index is -0.327. The molecule has 2 rings (SSSR count). The molecule has 0 bridgehead atoms. The summed E-state index contributed by atoms with van der Waals surface area (Å²) in [6.07, 6.45) is 0. The summed E-state index contributed by atoms with van der Waals surface area (Å²) in [6.45, 7) is 0.689. The average Bonchev–Trinajstić information content (AvgIpc) is 2.59. The van der Waals surface area contributed by atoms with Gasteiger partial charge in [-0.25, -0.2) is 0 Å². The van der Waals surface area contributed by atoms with Crippen LogP contribution in [0, 0.1) is 0 Å². The van der Waals surface area contributed by atoms with E-state index in [1.165, 1.54) is 0 Å². The molecule has 0 spiro atoms. The van der Waals surface area contributed by atoms with Crippen LogP contribution in [0.5, 0.6) is 0 Å². The van der Waals surface area contributed by atoms with Crippen molar-refractivity contribution in [2.75, 3.05) is 27.4 Å². The van der Waals surface area contributed by atoms with E-state index < -0.39 is 0 Å². The summed E-state index contributed by atoms with van der Waals surface area (Å²) in [5, 5.41) is 0. The van der Waals surface area contributed by atoms with E-state index in [0.717, 1.165) is 20.1 Å². The van der Waals surface area contributed by atoms with Crippen LogP contribution < -0.4 is 0 Å². The van der Waals surface area contributed by atoms with E-state index in [-0.39, 0.29) is 17.6 Å². The SMILES string of the molecule is COCC(C(=O)C(COC)c1ccc(Br)cc1)c1ccc(Br)cc1. The first-order valence-electron chi connectivity index (χ1n) is 7.59. The molecule has 0 radical (unpaired) electrons. The Morgan fingerprint density at radius 3 is 1.42 bits per heavy atom. The number of rotatable bonds is 8. The molecule has 3 nitrogen and oxygen atoms in total. The first-order chi connectivity index (χ1) is 11.6. The van der Waals surface area contributed by atoms with Gasteiger partial charge in [0.25, 0.3) is 0 Å². The van der Waals surface area contributed by atoms with Crippen LogP contribution in [0.1, 0.15) is 23.0 Å². The number of hydrogen-bond donors (Lipinski definition) is 0. The topological polar surface area (TPSA) is 35.5 Å². The molecule has 0 saturated heterocycles. The molecule has 5 heteroatoms. The zero-order chi connectivity index (χ0) is 17.5. The number of benzene rings is 2. The summed E-state index contributed by atoms with van der Waals surface area (Å²) in [7, 11) is 3.23. The highest BCUT2D eigenvalue weighted by atomic mass is 79.9. The molecule has 0 fully saturated rings. The monoisotopic (exact) mass is 454 g/mol. The molecule has 0 heterocycles. The highest BCUT2D eigenvalue weighted by molar-refractivity contribution is 9.10. The first kappa shape index (κ1) is 19.3. The number of halogens is 2. The number of carbonyl (C=O) groups is 1. The molecule has 0 saturated carbocycles. The van der Waals surface area contributed by atoms with Crippen LogP contribution in [0.15, 0.2) is 57.5 Å². The van der Waals surface area contributed by atoms with Crippen molar-refractivity contribution in [2.45, 2.75) is 11.8 Å². The lowest BCUT2D eigenvalue weighted by Gasteiger charge is -2.22. The number of carbonyl (C=O) groups excluding carboxylic acids is 1. The predicted octanol–water partition coefficient (Wildman–Crippen LogP) is 4.94. The molecular weight excluding hydrogens is 436 g/mol. The van der Waals surface area contributed by atoms with Crippen LogP contribution in [0.2, 0.25) is 0 Å². The zero-order valence-electron chi connectivity index (χ0n) is 13.7. The first-order valence-corrected chi connectivity index (χ1v) is 9.18. The number of ketones is 1. The minimum absolute atomic E-state index is 0.100. The number of Topliss-reactive ketones (excluding diaryl/α,β-unsaturated/α-hetero) is 1. The summed E-state index contributed by atoms with van der Waals surface area (Å²) in [6, 6.07) is 15.6. The van der Waals surface area contributed by atoms with Crippen molar-refractivity contribution in [1.82, 2.24) is 0 Å². The van der Waals surface area contributed by atoms with Crippen molar-refractivity contribution in [3.8, 4) is 0 Å². The van der Waals surface area contributed by atoms with Gasteiger partial charge in [0.15, 0.2) is 5.78 Å². The van der Waals surface area contributed by atoms with Gasteiger partial charge in [-0.05, 0) is 35.4 Å².